The number of pyridine rings is 2. The van der Waals surface area contributed by atoms with Crippen molar-refractivity contribution in [1.82, 2.24) is 0 Å². The Balaban J connectivity index is 0.000000525. The number of aromatic amines is 1. The van der Waals surface area contributed by atoms with Gasteiger partial charge in [0.15, 0.2) is 25.0 Å². The van der Waals surface area contributed by atoms with Crippen LogP contribution in [0.1, 0.15) is 67.3 Å². The van der Waals surface area contributed by atoms with Crippen molar-refractivity contribution < 1.29 is 115 Å². The summed E-state index contributed by atoms with van der Waals surface area (Å²) < 4.78 is 81.1. The van der Waals surface area contributed by atoms with E-state index >= 15 is 0 Å². The molecule has 10 rings (SSSR count). The number of carbonyl (C=O) groups excluding carboxylic acids is 1. The van der Waals surface area contributed by atoms with E-state index in [4.69, 9.17) is 74.2 Å². The van der Waals surface area contributed by atoms with Crippen LogP contribution in [0.3, 0.4) is 0 Å². The minimum absolute atomic E-state index is 0. The molecule has 3 aliphatic rings. The number of aromatic nitrogens is 2. The van der Waals surface area contributed by atoms with E-state index in [2.05, 4.69) is 113 Å². The number of nitrogens with zero attached hydrogens (tertiary/aromatic N) is 1. The van der Waals surface area contributed by atoms with E-state index in [1.54, 1.807) is 69.0 Å². The largest absolute Gasteiger partial charge is 1.00 e. The van der Waals surface area contributed by atoms with Gasteiger partial charge in [-0.2, -0.15) is 8.42 Å². The van der Waals surface area contributed by atoms with Crippen LogP contribution in [0.4, 0.5) is 0 Å². The molecule has 0 bridgehead atoms. The van der Waals surface area contributed by atoms with Crippen LogP contribution < -0.4 is 67.7 Å². The Morgan fingerprint density at radius 1 is 0.633 bits per heavy atom. The van der Waals surface area contributed by atoms with E-state index in [9.17, 15) is 13.2 Å². The number of hydrogen-bond acceptors (Lipinski definition) is 16. The summed E-state index contributed by atoms with van der Waals surface area (Å²) >= 11 is 29.2. The zero-order valence-electron chi connectivity index (χ0n) is 50.2. The zero-order valence-corrected chi connectivity index (χ0v) is 64.1. The Labute approximate surface area is 610 Å². The van der Waals surface area contributed by atoms with Crippen LogP contribution >= 0.6 is 107 Å². The second kappa shape index (κ2) is 49.6. The first-order valence-corrected chi connectivity index (χ1v) is 34.2. The second-order valence-corrected chi connectivity index (χ2v) is 29.3. The summed E-state index contributed by atoms with van der Waals surface area (Å²) in [5, 5.41) is 26.2. The van der Waals surface area contributed by atoms with Crippen molar-refractivity contribution in [2.24, 2.45) is 0 Å². The van der Waals surface area contributed by atoms with Crippen molar-refractivity contribution in [1.29, 1.82) is 0 Å². The van der Waals surface area contributed by atoms with E-state index in [0.717, 1.165) is 101 Å². The van der Waals surface area contributed by atoms with Crippen molar-refractivity contribution in [3.8, 4) is 46.0 Å². The number of phenolic OH excluding ortho intramolecular Hbond substituents is 2. The number of halogens is 7. The monoisotopic (exact) mass is 1690 g/mol. The van der Waals surface area contributed by atoms with Gasteiger partial charge in [-0.25, -0.2) is 4.98 Å². The van der Waals surface area contributed by atoms with Crippen LogP contribution in [0.25, 0.3) is 0 Å². The fraction of sp³-hybridized carbons (Fsp3) is 0.295. The minimum atomic E-state index is -4.02. The molecular weight excluding hydrogens is 1630 g/mol. The summed E-state index contributed by atoms with van der Waals surface area (Å²) in [5.41, 5.74) is 1.32. The number of phenols is 2. The summed E-state index contributed by atoms with van der Waals surface area (Å²) in [7, 11) is 2.26. The molecule has 2 unspecified atom stereocenters. The van der Waals surface area contributed by atoms with Crippen LogP contribution in [0.15, 0.2) is 188 Å². The van der Waals surface area contributed by atoms with E-state index in [0.29, 0.717) is 26.6 Å². The average molecular weight is 1700 g/mol. The van der Waals surface area contributed by atoms with Gasteiger partial charge in [-0.3, -0.25) is 14.6 Å². The summed E-state index contributed by atoms with van der Waals surface area (Å²) in [4.78, 5) is 13.7. The van der Waals surface area contributed by atoms with Crippen molar-refractivity contribution in [2.75, 3.05) is 48.3 Å². The Bertz CT molecular complexity index is 3050. The maximum atomic E-state index is 10.8. The Hall–Kier alpha value is -3.91. The van der Waals surface area contributed by atoms with Gasteiger partial charge in [-0.1, -0.05) is 77.6 Å². The van der Waals surface area contributed by atoms with Crippen LogP contribution in [-0.4, -0.2) is 97.7 Å². The predicted octanol–water partition coefficient (Wildman–Crippen LogP) is 13.0. The average Bonchev–Trinajstić information content (AvgIpc) is 2.44. The molecule has 7 aromatic rings. The Morgan fingerprint density at radius 3 is 1.38 bits per heavy atom. The standard InChI is InChI=1S/C16H21BrO4.C9H9ClO3.C8H9BrO2.C7H8O3S.C6H5BrO2.C5H5NOS.C5H5N.C5H8O.BBr3.Na/c17-12-9-13(20-15-5-1-3-7-18-15)11-14(10-12)21-16-6-2-4-8-19-16;1-12-7-3-6(9(10)11)4-8(5-7)13-2;1-10-7-3-6(9)4-8(5-7)11-2;1-6-2-4-7(5-3-6)11(8,9)10;7-4-1-5(8)3-6(9)2-4;7-6-4-2-1-3-5(6)8;2*1-2-4-6-5-3-1;2-1(3)4;/h9-11,15-16H,1-8H2;3-5H,1-2H3;3-5H,1-2H3;2-5H,1H3,(H,8,9,10);1-3,8-9H;1-4,7H;1-5H;2,4H,1,3,5H2;;/q;;;;;;;;;+1/p+1. The number of hydrogen-bond donors (Lipinski definition) is 4. The van der Waals surface area contributed by atoms with E-state index in [1.807, 2.05) is 80.0 Å². The van der Waals surface area contributed by atoms with Gasteiger partial charge in [0.25, 0.3) is 15.4 Å². The summed E-state index contributed by atoms with van der Waals surface area (Å²) in [6.45, 7) is 4.31. The van der Waals surface area contributed by atoms with Crippen LogP contribution in [0.2, 0.25) is 0 Å². The number of aromatic hydroxyl groups is 2. The first-order chi connectivity index (χ1) is 42.4. The van der Waals surface area contributed by atoms with Gasteiger partial charge in [0.05, 0.1) is 59.4 Å². The van der Waals surface area contributed by atoms with E-state index < -0.39 is 15.4 Å². The van der Waals surface area contributed by atoms with Crippen molar-refractivity contribution in [3.05, 3.63) is 189 Å². The number of nitrogens with one attached hydrogen (secondary N) is 1. The summed E-state index contributed by atoms with van der Waals surface area (Å²) in [6.07, 6.45) is 17.6. The van der Waals surface area contributed by atoms with Gasteiger partial charge in [-0.15, -0.1) is 47.3 Å². The first-order valence-electron chi connectivity index (χ1n) is 26.8. The Kier molecular flexibility index (Phi) is 46.4. The van der Waals surface area contributed by atoms with Crippen molar-refractivity contribution in [2.45, 2.75) is 80.8 Å². The SMILES string of the molecule is BrB(Br)Br.Brc1cc(OC2CCCCO2)cc(OC2CCCCO2)c1.C1=COCCC1.COc1cc(Br)cc(OC)c1.COc1cc(OC)cc(C(=O)Cl)c1.Cc1ccc(S(=O)(=O)O)cc1.O[n+]1ccccc1[S-].Oc1cc(O)cc(Br)c1.[Na+].c1cc[nH+]cc1. The number of rotatable bonds is 10. The molecule has 0 spiro atoms. The maximum absolute atomic E-state index is 10.8. The fourth-order valence-electron chi connectivity index (χ4n) is 6.80. The summed E-state index contributed by atoms with van der Waals surface area (Å²) in [5.74, 6) is 4.31. The molecule has 5 heterocycles. The van der Waals surface area contributed by atoms with Gasteiger partial charge in [0, 0.05) is 74.3 Å². The molecule has 0 aliphatic carbocycles. The molecule has 0 saturated carbocycles. The minimum Gasteiger partial charge on any atom is -0.705 e. The zero-order chi connectivity index (χ0) is 66.0. The van der Waals surface area contributed by atoms with E-state index in [-0.39, 0.29) is 61.7 Å². The topological polar surface area (TPSA) is 233 Å². The molecule has 5 N–H and O–H groups in total. The van der Waals surface area contributed by atoms with Crippen LogP contribution in [0, 0.1) is 6.92 Å². The molecule has 2 atom stereocenters. The van der Waals surface area contributed by atoms with Gasteiger partial charge in [0.2, 0.25) is 6.20 Å². The number of methoxy groups -OCH3 is 4. The quantitative estimate of drug-likeness (QED) is 0.0249. The number of benzene rings is 5. The van der Waals surface area contributed by atoms with E-state index in [1.165, 1.54) is 63.6 Å². The molecule has 2 fully saturated rings. The van der Waals surface area contributed by atoms with Crippen LogP contribution in [-0.2, 0) is 37.0 Å². The molecule has 0 radical (unpaired) electrons. The third-order valence-corrected chi connectivity index (χ3v) is 13.8. The molecule has 3 aliphatic heterocycles. The third-order valence-electron chi connectivity index (χ3n) is 11.0. The fourth-order valence-corrected chi connectivity index (χ4v) is 8.90. The third kappa shape index (κ3) is 40.9. The Morgan fingerprint density at radius 2 is 1.08 bits per heavy atom. The predicted molar refractivity (Wildman–Crippen MR) is 367 cm³/mol. The second-order valence-electron chi connectivity index (χ2n) is 17.9. The van der Waals surface area contributed by atoms with Gasteiger partial charge in [0.1, 0.15) is 51.0 Å². The van der Waals surface area contributed by atoms with Gasteiger partial charge >= 0.3 is 32.7 Å². The number of aryl methyl sites for hydroxylation is 1. The maximum Gasteiger partial charge on any atom is 1.00 e. The van der Waals surface area contributed by atoms with Gasteiger partial charge < -0.3 is 65.5 Å². The summed E-state index contributed by atoms with van der Waals surface area (Å²) in [6, 6.07) is 37.4. The first kappa shape index (κ1) is 84.1. The molecule has 90 heavy (non-hydrogen) atoms. The molecular formula is C61H71BBr6ClN2NaO16S2+2. The van der Waals surface area contributed by atoms with Crippen molar-refractivity contribution in [3.63, 3.8) is 0 Å². The molecule has 2 saturated heterocycles. The number of carbonyl (C=O) groups is 1. The molecule has 18 nitrogen and oxygen atoms in total. The molecule has 29 heteroatoms. The molecule has 5 aromatic carbocycles. The normalized spacial score (nSPS) is 14.0. The smallest absolute Gasteiger partial charge is 0.705 e. The molecule has 484 valence electrons. The van der Waals surface area contributed by atoms with Crippen LogP contribution in [0.5, 0.6) is 46.0 Å². The number of H-pyrrole nitrogens is 1. The molecule has 0 amide bonds. The molecule has 2 aromatic heterocycles. The van der Waals surface area contributed by atoms with Gasteiger partial charge in [-0.05, 0) is 135 Å². The number of allylic oxidation sites excluding steroid dienone is 1. The van der Waals surface area contributed by atoms with Crippen molar-refractivity contribution >= 4 is 138 Å². The number of ether oxygens (including phenoxy) is 9.